The van der Waals surface area contributed by atoms with Crippen molar-refractivity contribution in [1.29, 1.82) is 0 Å². The number of likely N-dealkylation sites (N-methyl/N-ethyl adjacent to an activating group) is 1. The number of rotatable bonds is 8. The van der Waals surface area contributed by atoms with Gasteiger partial charge in [0.05, 0.1) is 0 Å². The summed E-state index contributed by atoms with van der Waals surface area (Å²) in [6, 6.07) is 16.3. The fraction of sp³-hybridized carbons (Fsp3) is 0.263. The molecular formula is C19H21NO5. The molecule has 1 unspecified atom stereocenters. The summed E-state index contributed by atoms with van der Waals surface area (Å²) in [5, 5.41) is 8.60. The molecule has 0 saturated carbocycles. The summed E-state index contributed by atoms with van der Waals surface area (Å²) in [7, 11) is 3.23. The van der Waals surface area contributed by atoms with Gasteiger partial charge in [0.1, 0.15) is 5.75 Å². The van der Waals surface area contributed by atoms with E-state index >= 15 is 0 Å². The molecule has 0 aliphatic rings. The predicted octanol–water partition coefficient (Wildman–Crippen LogP) is 2.50. The van der Waals surface area contributed by atoms with Crippen LogP contribution in [0.15, 0.2) is 54.6 Å². The molecule has 2 aromatic carbocycles. The van der Waals surface area contributed by atoms with Crippen LogP contribution >= 0.6 is 0 Å². The van der Waals surface area contributed by atoms with E-state index in [1.165, 1.54) is 7.11 Å². The molecule has 0 aromatic heterocycles. The molecule has 1 atom stereocenters. The Hall–Kier alpha value is -2.86. The average Bonchev–Trinajstić information content (AvgIpc) is 2.62. The van der Waals surface area contributed by atoms with Gasteiger partial charge in [-0.3, -0.25) is 4.79 Å². The van der Waals surface area contributed by atoms with Crippen molar-refractivity contribution in [3.63, 3.8) is 0 Å². The molecule has 0 fully saturated rings. The summed E-state index contributed by atoms with van der Waals surface area (Å²) in [4.78, 5) is 24.7. The zero-order valence-electron chi connectivity index (χ0n) is 14.2. The van der Waals surface area contributed by atoms with Crippen molar-refractivity contribution in [3.8, 4) is 5.75 Å². The lowest BCUT2D eigenvalue weighted by molar-refractivity contribution is -0.141. The van der Waals surface area contributed by atoms with Crippen molar-refractivity contribution in [2.24, 2.45) is 0 Å². The van der Waals surface area contributed by atoms with E-state index < -0.39 is 12.1 Å². The molecule has 0 saturated heterocycles. The molecule has 0 heterocycles. The maximum Gasteiger partial charge on any atom is 0.341 e. The number of benzene rings is 2. The van der Waals surface area contributed by atoms with Gasteiger partial charge in [-0.25, -0.2) is 4.79 Å². The molecule has 0 aliphatic carbocycles. The van der Waals surface area contributed by atoms with Crippen LogP contribution in [0, 0.1) is 0 Å². The quantitative estimate of drug-likeness (QED) is 0.797. The van der Waals surface area contributed by atoms with Gasteiger partial charge >= 0.3 is 5.97 Å². The standard InChI is InChI=1S/C19H21NO5/c1-20(19(23)18(24-2)15-6-4-3-5-7-15)12-14-8-10-16(11-9-14)25-13-17(21)22/h3-11,18H,12-13H2,1-2H3,(H,21,22). The summed E-state index contributed by atoms with van der Waals surface area (Å²) in [6.45, 7) is 0.0229. The van der Waals surface area contributed by atoms with E-state index in [9.17, 15) is 9.59 Å². The molecule has 0 radical (unpaired) electrons. The smallest absolute Gasteiger partial charge is 0.341 e. The van der Waals surface area contributed by atoms with Gasteiger partial charge in [-0.05, 0) is 23.3 Å². The lowest BCUT2D eigenvalue weighted by Crippen LogP contribution is -2.32. The van der Waals surface area contributed by atoms with Crippen molar-refractivity contribution in [3.05, 3.63) is 65.7 Å². The Balaban J connectivity index is 1.99. The van der Waals surface area contributed by atoms with Crippen LogP contribution in [-0.2, 0) is 20.9 Å². The number of carbonyl (C=O) groups is 2. The number of hydrogen-bond donors (Lipinski definition) is 1. The summed E-state index contributed by atoms with van der Waals surface area (Å²) in [5.41, 5.74) is 1.71. The second-order valence-corrected chi connectivity index (χ2v) is 5.55. The van der Waals surface area contributed by atoms with Gasteiger partial charge in [-0.1, -0.05) is 42.5 Å². The number of ether oxygens (including phenoxy) is 2. The van der Waals surface area contributed by atoms with E-state index in [1.807, 2.05) is 30.3 Å². The summed E-state index contributed by atoms with van der Waals surface area (Å²) in [5.74, 6) is -0.694. The number of hydrogen-bond acceptors (Lipinski definition) is 4. The second-order valence-electron chi connectivity index (χ2n) is 5.55. The van der Waals surface area contributed by atoms with Crippen molar-refractivity contribution in [1.82, 2.24) is 4.90 Å². The molecule has 0 aliphatic heterocycles. The van der Waals surface area contributed by atoms with Crippen LogP contribution in [0.5, 0.6) is 5.75 Å². The van der Waals surface area contributed by atoms with Gasteiger partial charge in [0, 0.05) is 20.7 Å². The lowest BCUT2D eigenvalue weighted by Gasteiger charge is -2.23. The summed E-state index contributed by atoms with van der Waals surface area (Å²) < 4.78 is 10.5. The number of carbonyl (C=O) groups excluding carboxylic acids is 1. The monoisotopic (exact) mass is 343 g/mol. The van der Waals surface area contributed by atoms with Gasteiger partial charge in [0.25, 0.3) is 5.91 Å². The van der Waals surface area contributed by atoms with Crippen LogP contribution in [0.1, 0.15) is 17.2 Å². The highest BCUT2D eigenvalue weighted by molar-refractivity contribution is 5.82. The zero-order valence-corrected chi connectivity index (χ0v) is 14.2. The molecule has 6 heteroatoms. The van der Waals surface area contributed by atoms with E-state index in [0.29, 0.717) is 12.3 Å². The SMILES string of the molecule is COC(C(=O)N(C)Cc1ccc(OCC(=O)O)cc1)c1ccccc1. The normalized spacial score (nSPS) is 11.6. The van der Waals surface area contributed by atoms with Gasteiger partial charge in [0.2, 0.25) is 0 Å². The summed E-state index contributed by atoms with van der Waals surface area (Å²) in [6.07, 6.45) is -0.649. The van der Waals surface area contributed by atoms with Crippen LogP contribution in [0.25, 0.3) is 0 Å². The zero-order chi connectivity index (χ0) is 18.2. The molecule has 1 N–H and O–H groups in total. The van der Waals surface area contributed by atoms with E-state index in [0.717, 1.165) is 11.1 Å². The molecule has 2 rings (SSSR count). The van der Waals surface area contributed by atoms with Crippen molar-refractivity contribution < 1.29 is 24.2 Å². The minimum absolute atomic E-state index is 0.139. The van der Waals surface area contributed by atoms with Gasteiger partial charge in [0.15, 0.2) is 12.7 Å². The fourth-order valence-corrected chi connectivity index (χ4v) is 2.40. The van der Waals surface area contributed by atoms with Gasteiger partial charge in [-0.2, -0.15) is 0 Å². The van der Waals surface area contributed by atoms with Crippen molar-refractivity contribution in [2.75, 3.05) is 20.8 Å². The van der Waals surface area contributed by atoms with E-state index in [1.54, 1.807) is 36.2 Å². The fourth-order valence-electron chi connectivity index (χ4n) is 2.40. The first-order valence-corrected chi connectivity index (χ1v) is 7.77. The molecule has 25 heavy (non-hydrogen) atoms. The Morgan fingerprint density at radius 1 is 1.08 bits per heavy atom. The van der Waals surface area contributed by atoms with E-state index in [4.69, 9.17) is 14.6 Å². The van der Waals surface area contributed by atoms with Crippen molar-refractivity contribution >= 4 is 11.9 Å². The topological polar surface area (TPSA) is 76.1 Å². The van der Waals surface area contributed by atoms with Gasteiger partial charge < -0.3 is 19.5 Å². The molecule has 2 aromatic rings. The first-order chi connectivity index (χ1) is 12.0. The molecule has 0 spiro atoms. The Morgan fingerprint density at radius 2 is 1.72 bits per heavy atom. The number of aliphatic carboxylic acids is 1. The highest BCUT2D eigenvalue weighted by atomic mass is 16.5. The number of carboxylic acids is 1. The van der Waals surface area contributed by atoms with Crippen LogP contribution in [0.2, 0.25) is 0 Å². The summed E-state index contributed by atoms with van der Waals surface area (Å²) >= 11 is 0. The predicted molar refractivity (Wildman–Crippen MR) is 92.2 cm³/mol. The number of methoxy groups -OCH3 is 1. The highest BCUT2D eigenvalue weighted by Gasteiger charge is 2.23. The van der Waals surface area contributed by atoms with Crippen LogP contribution in [-0.4, -0.2) is 42.6 Å². The van der Waals surface area contributed by atoms with Crippen LogP contribution < -0.4 is 4.74 Å². The third kappa shape index (κ3) is 5.32. The van der Waals surface area contributed by atoms with Crippen LogP contribution in [0.3, 0.4) is 0 Å². The van der Waals surface area contributed by atoms with E-state index in [2.05, 4.69) is 0 Å². The number of carboxylic acid groups (broad SMARTS) is 1. The van der Waals surface area contributed by atoms with Gasteiger partial charge in [-0.15, -0.1) is 0 Å². The maximum atomic E-state index is 12.6. The Kier molecular flexibility index (Phi) is 6.54. The first-order valence-electron chi connectivity index (χ1n) is 7.77. The Labute approximate surface area is 146 Å². The molecule has 1 amide bonds. The number of nitrogens with zero attached hydrogens (tertiary/aromatic N) is 1. The molecule has 0 bridgehead atoms. The minimum Gasteiger partial charge on any atom is -0.482 e. The largest absolute Gasteiger partial charge is 0.482 e. The van der Waals surface area contributed by atoms with Crippen molar-refractivity contribution in [2.45, 2.75) is 12.6 Å². The third-order valence-corrected chi connectivity index (χ3v) is 3.64. The Morgan fingerprint density at radius 3 is 2.28 bits per heavy atom. The molecule has 132 valence electrons. The number of amides is 1. The van der Waals surface area contributed by atoms with Crippen LogP contribution in [0.4, 0.5) is 0 Å². The maximum absolute atomic E-state index is 12.6. The minimum atomic E-state index is -1.03. The lowest BCUT2D eigenvalue weighted by atomic mass is 10.1. The average molecular weight is 343 g/mol. The molecule has 6 nitrogen and oxygen atoms in total. The molecular weight excluding hydrogens is 322 g/mol. The second kappa shape index (κ2) is 8.84. The third-order valence-electron chi connectivity index (χ3n) is 3.64. The highest BCUT2D eigenvalue weighted by Crippen LogP contribution is 2.20. The van der Waals surface area contributed by atoms with E-state index in [-0.39, 0.29) is 12.5 Å². The Bertz CT molecular complexity index is 700. The first kappa shape index (κ1) is 18.5.